The molecule has 0 saturated carbocycles. The molecule has 3 amide bonds. The van der Waals surface area contributed by atoms with Gasteiger partial charge in [0.25, 0.3) is 11.8 Å². The molecule has 3 atom stereocenters. The van der Waals surface area contributed by atoms with Gasteiger partial charge in [-0.3, -0.25) is 19.3 Å². The van der Waals surface area contributed by atoms with E-state index in [0.717, 1.165) is 16.9 Å². The highest BCUT2D eigenvalue weighted by atomic mass is 16.6. The highest BCUT2D eigenvalue weighted by Crippen LogP contribution is 2.36. The number of nitrogens with zero attached hydrogens (tertiary/aromatic N) is 2. The first-order valence-corrected chi connectivity index (χ1v) is 7.51. The Morgan fingerprint density at radius 3 is 2.24 bits per heavy atom. The van der Waals surface area contributed by atoms with Gasteiger partial charge in [0.2, 0.25) is 5.91 Å². The van der Waals surface area contributed by atoms with Crippen LogP contribution in [-0.4, -0.2) is 71.3 Å². The van der Waals surface area contributed by atoms with Crippen molar-refractivity contribution in [2.45, 2.75) is 18.1 Å². The Morgan fingerprint density at radius 1 is 1.08 bits per heavy atom. The number of hydrogen-bond donors (Lipinski definition) is 0. The van der Waals surface area contributed by atoms with E-state index in [4.69, 9.17) is 4.74 Å². The average Bonchev–Trinajstić information content (AvgIpc) is 2.87. The Labute approximate surface area is 141 Å². The number of carbonyl (C=O) groups is 5. The molecule has 0 aromatic heterocycles. The van der Waals surface area contributed by atoms with Gasteiger partial charge in [-0.1, -0.05) is 12.1 Å². The molecule has 9 heteroatoms. The molecule has 0 aliphatic carbocycles. The smallest absolute Gasteiger partial charge is 0.332 e. The van der Waals surface area contributed by atoms with Gasteiger partial charge in [0.15, 0.2) is 18.1 Å². The molecule has 1 aromatic carbocycles. The van der Waals surface area contributed by atoms with Gasteiger partial charge in [-0.05, 0) is 12.1 Å². The van der Waals surface area contributed by atoms with Crippen LogP contribution in [0.15, 0.2) is 24.3 Å². The number of ether oxygens (including phenoxy) is 2. The molecule has 2 saturated heterocycles. The molecule has 0 radical (unpaired) electrons. The number of β-lactam (4-membered cyclic amide) rings is 1. The number of morpholine rings is 1. The minimum atomic E-state index is -1.31. The molecule has 3 aliphatic heterocycles. The summed E-state index contributed by atoms with van der Waals surface area (Å²) in [6.07, 6.45) is 0. The van der Waals surface area contributed by atoms with Crippen LogP contribution in [0.1, 0.15) is 20.7 Å². The lowest BCUT2D eigenvalue weighted by Crippen LogP contribution is -2.79. The van der Waals surface area contributed by atoms with Crippen LogP contribution in [0.25, 0.3) is 0 Å². The van der Waals surface area contributed by atoms with Gasteiger partial charge < -0.3 is 14.4 Å². The van der Waals surface area contributed by atoms with Gasteiger partial charge >= 0.3 is 11.9 Å². The Balaban J connectivity index is 1.68. The molecule has 0 unspecified atom stereocenters. The van der Waals surface area contributed by atoms with Crippen molar-refractivity contribution in [3.63, 3.8) is 0 Å². The molecule has 25 heavy (non-hydrogen) atoms. The lowest BCUT2D eigenvalue weighted by Gasteiger charge is -2.52. The molecule has 2 fully saturated rings. The zero-order valence-electron chi connectivity index (χ0n) is 13.0. The Morgan fingerprint density at radius 2 is 1.68 bits per heavy atom. The number of fused-ring (bicyclic) bond motifs is 2. The van der Waals surface area contributed by atoms with Crippen molar-refractivity contribution in [2.24, 2.45) is 0 Å². The molecular formula is C16H12N2O7. The maximum Gasteiger partial charge on any atom is 0.332 e. The van der Waals surface area contributed by atoms with E-state index in [1.807, 2.05) is 0 Å². The van der Waals surface area contributed by atoms with Crippen LogP contribution < -0.4 is 0 Å². The van der Waals surface area contributed by atoms with Crippen LogP contribution in [0.3, 0.4) is 0 Å². The second-order valence-corrected chi connectivity index (χ2v) is 5.83. The third-order valence-electron chi connectivity index (χ3n) is 4.64. The fraction of sp³-hybridized carbons (Fsp3) is 0.312. The van der Waals surface area contributed by atoms with Gasteiger partial charge in [-0.2, -0.15) is 0 Å². The van der Waals surface area contributed by atoms with E-state index in [-0.39, 0.29) is 17.7 Å². The number of cyclic esters (lactones) is 1. The quantitative estimate of drug-likeness (QED) is 0.383. The maximum absolute atomic E-state index is 12.6. The first-order chi connectivity index (χ1) is 12.0. The van der Waals surface area contributed by atoms with Crippen LogP contribution in [0, 0.1) is 0 Å². The van der Waals surface area contributed by atoms with Crippen molar-refractivity contribution in [3.05, 3.63) is 35.4 Å². The number of hydrogen-bond acceptors (Lipinski definition) is 7. The van der Waals surface area contributed by atoms with E-state index in [9.17, 15) is 24.0 Å². The normalized spacial score (nSPS) is 27.5. The summed E-state index contributed by atoms with van der Waals surface area (Å²) in [5, 5.41) is 0. The number of rotatable bonds is 2. The van der Waals surface area contributed by atoms with E-state index < -0.39 is 47.8 Å². The number of imide groups is 1. The summed E-state index contributed by atoms with van der Waals surface area (Å²) in [6, 6.07) is 2.57. The molecule has 3 aliphatic rings. The van der Waals surface area contributed by atoms with Crippen molar-refractivity contribution in [1.82, 2.24) is 9.80 Å². The molecule has 3 heterocycles. The van der Waals surface area contributed by atoms with Crippen LogP contribution in [0.4, 0.5) is 0 Å². The van der Waals surface area contributed by atoms with Crippen molar-refractivity contribution in [1.29, 1.82) is 0 Å². The third kappa shape index (κ3) is 1.86. The molecule has 0 N–H and O–H groups in total. The SMILES string of the molecule is COC(=O)[C@H]1COC(=O)[C@@H]2[C@H](N3C(=O)c4ccccc4C3=O)C(=O)N12. The average molecular weight is 344 g/mol. The molecule has 4 rings (SSSR count). The lowest BCUT2D eigenvalue weighted by atomic mass is 9.89. The first kappa shape index (κ1) is 15.3. The fourth-order valence-corrected chi connectivity index (χ4v) is 3.44. The van der Waals surface area contributed by atoms with Crippen molar-refractivity contribution in [2.75, 3.05) is 13.7 Å². The highest BCUT2D eigenvalue weighted by molar-refractivity contribution is 6.24. The number of benzene rings is 1. The molecule has 1 aromatic rings. The summed E-state index contributed by atoms with van der Waals surface area (Å²) in [4.78, 5) is 63.3. The largest absolute Gasteiger partial charge is 0.467 e. The van der Waals surface area contributed by atoms with Crippen molar-refractivity contribution < 1.29 is 33.4 Å². The third-order valence-corrected chi connectivity index (χ3v) is 4.64. The monoisotopic (exact) mass is 344 g/mol. The summed E-state index contributed by atoms with van der Waals surface area (Å²) in [5.41, 5.74) is 0.347. The van der Waals surface area contributed by atoms with E-state index in [0.29, 0.717) is 0 Å². The highest BCUT2D eigenvalue weighted by Gasteiger charge is 2.64. The van der Waals surface area contributed by atoms with E-state index in [2.05, 4.69) is 4.74 Å². The van der Waals surface area contributed by atoms with Gasteiger partial charge in [-0.25, -0.2) is 9.59 Å². The zero-order chi connectivity index (χ0) is 17.9. The van der Waals surface area contributed by atoms with Crippen molar-refractivity contribution in [3.8, 4) is 0 Å². The number of carbonyl (C=O) groups excluding carboxylic acids is 5. The van der Waals surface area contributed by atoms with Gasteiger partial charge in [0.1, 0.15) is 6.61 Å². The summed E-state index contributed by atoms with van der Waals surface area (Å²) < 4.78 is 9.56. The van der Waals surface area contributed by atoms with Gasteiger partial charge in [0, 0.05) is 0 Å². The van der Waals surface area contributed by atoms with Gasteiger partial charge in [0.05, 0.1) is 18.2 Å². The summed E-state index contributed by atoms with van der Waals surface area (Å²) in [5.74, 6) is -3.45. The predicted molar refractivity (Wildman–Crippen MR) is 78.1 cm³/mol. The topological polar surface area (TPSA) is 110 Å². The van der Waals surface area contributed by atoms with E-state index in [1.165, 1.54) is 12.1 Å². The van der Waals surface area contributed by atoms with Crippen molar-refractivity contribution >= 4 is 29.7 Å². The fourth-order valence-electron chi connectivity index (χ4n) is 3.44. The predicted octanol–water partition coefficient (Wildman–Crippen LogP) is -1.04. The number of methoxy groups -OCH3 is 1. The van der Waals surface area contributed by atoms with Crippen LogP contribution in [-0.2, 0) is 23.9 Å². The second-order valence-electron chi connectivity index (χ2n) is 5.83. The Bertz CT molecular complexity index is 814. The second kappa shape index (κ2) is 5.13. The minimum absolute atomic E-state index is 0.174. The minimum Gasteiger partial charge on any atom is -0.467 e. The lowest BCUT2D eigenvalue weighted by molar-refractivity contribution is -0.196. The summed E-state index contributed by atoms with van der Waals surface area (Å²) in [6.45, 7) is -0.317. The van der Waals surface area contributed by atoms with E-state index >= 15 is 0 Å². The standard InChI is InChI=1S/C16H12N2O7/c1-24-15(22)9-6-25-16(23)11-10(14(21)17(9)11)18-12(19)7-4-2-3-5-8(7)13(18)20/h2-5,9-11H,6H2,1H3/t9-,10+,11+/m1/s1. The van der Waals surface area contributed by atoms with Crippen LogP contribution >= 0.6 is 0 Å². The Hall–Kier alpha value is -3.23. The number of amides is 3. The van der Waals surface area contributed by atoms with E-state index in [1.54, 1.807) is 12.1 Å². The zero-order valence-corrected chi connectivity index (χ0v) is 13.0. The Kier molecular flexibility index (Phi) is 3.14. The first-order valence-electron chi connectivity index (χ1n) is 7.51. The number of esters is 2. The molecule has 9 nitrogen and oxygen atoms in total. The summed E-state index contributed by atoms with van der Waals surface area (Å²) in [7, 11) is 1.15. The van der Waals surface area contributed by atoms with Crippen LogP contribution in [0.5, 0.6) is 0 Å². The summed E-state index contributed by atoms with van der Waals surface area (Å²) >= 11 is 0. The molecule has 0 spiro atoms. The van der Waals surface area contributed by atoms with Gasteiger partial charge in [-0.15, -0.1) is 0 Å². The molecular weight excluding hydrogens is 332 g/mol. The maximum atomic E-state index is 12.6. The van der Waals surface area contributed by atoms with Crippen LogP contribution in [0.2, 0.25) is 0 Å². The molecule has 128 valence electrons. The molecule has 0 bridgehead atoms.